The van der Waals surface area contributed by atoms with Crippen LogP contribution < -0.4 is 10.6 Å². The van der Waals surface area contributed by atoms with Gasteiger partial charge in [0.05, 0.1) is 55.7 Å². The molecule has 2 saturated heterocycles. The van der Waals surface area contributed by atoms with Crippen LogP contribution in [0.2, 0.25) is 19.1 Å². The fourth-order valence-electron chi connectivity index (χ4n) is 8.49. The average molecular weight is 871 g/mol. The number of hydrogen-bond donors (Lipinski definition) is 5. The second-order valence-corrected chi connectivity index (χ2v) is 24.9. The van der Waals surface area contributed by atoms with Crippen LogP contribution in [0.25, 0.3) is 44.2 Å². The van der Waals surface area contributed by atoms with E-state index in [-0.39, 0.29) is 41.8 Å². The topological polar surface area (TPSA) is 220 Å². The van der Waals surface area contributed by atoms with Crippen molar-refractivity contribution in [3.63, 3.8) is 0 Å². The molecule has 2 fully saturated rings. The van der Waals surface area contributed by atoms with Crippen LogP contribution in [0, 0.1) is 11.8 Å². The lowest BCUT2D eigenvalue weighted by molar-refractivity contribution is -0.139. The minimum absolute atomic E-state index is 0.0331. The maximum Gasteiger partial charge on any atom is 0.407 e. The van der Waals surface area contributed by atoms with Crippen LogP contribution in [-0.2, 0) is 29.0 Å². The molecule has 2 aromatic heterocycles. The molecule has 2 aliphatic rings. The highest BCUT2D eigenvalue weighted by atomic mass is 32.2. The molecule has 5 aromatic rings. The van der Waals surface area contributed by atoms with E-state index in [0.717, 1.165) is 44.5 Å². The third-order valence-electron chi connectivity index (χ3n) is 11.7. The number of aromatic nitrogens is 4. The van der Waals surface area contributed by atoms with Gasteiger partial charge in [-0.1, -0.05) is 83.3 Å². The Kier molecular flexibility index (Phi) is 12.2. The molecular formula is C43H54N8O8SSi. The Hall–Kier alpha value is -5.59. The van der Waals surface area contributed by atoms with E-state index in [4.69, 9.17) is 9.72 Å². The molecule has 61 heavy (non-hydrogen) atoms. The van der Waals surface area contributed by atoms with Gasteiger partial charge in [-0.3, -0.25) is 14.4 Å². The van der Waals surface area contributed by atoms with Gasteiger partial charge >= 0.3 is 6.09 Å². The lowest BCUT2D eigenvalue weighted by Crippen LogP contribution is -2.55. The van der Waals surface area contributed by atoms with Crippen molar-refractivity contribution in [3.05, 3.63) is 72.4 Å². The monoisotopic (exact) mass is 870 g/mol. The first-order chi connectivity index (χ1) is 28.9. The molecule has 324 valence electrons. The largest absolute Gasteiger partial charge is 0.453 e. The van der Waals surface area contributed by atoms with Gasteiger partial charge in [-0.25, -0.2) is 23.2 Å². The summed E-state index contributed by atoms with van der Waals surface area (Å²) in [6.45, 7) is 11.1. The van der Waals surface area contributed by atoms with Crippen molar-refractivity contribution in [2.75, 3.05) is 37.9 Å². The molecule has 0 radical (unpaired) electrons. The summed E-state index contributed by atoms with van der Waals surface area (Å²) in [6.07, 6.45) is 1.52. The SMILES string of the molecule is COC(=O)N[C@H](C(=O)N1CCS(=O)(=O)CC1c1ncc(-c2ccc(-c3ccc4c(ccc5[nH]c(C6C[Si](C)(C)CN6C(=O)[C@@H](NC(=O)CO)C(C)C)nc54)c3)cc2)[nH]1)C(C)C. The molecule has 2 aliphatic heterocycles. The first-order valence-electron chi connectivity index (χ1n) is 20.5. The number of carbonyl (C=O) groups is 4. The number of aliphatic hydroxyl groups excluding tert-OH is 1. The number of ether oxygens (including phenoxy) is 1. The van der Waals surface area contributed by atoms with Gasteiger partial charge < -0.3 is 40.2 Å². The molecule has 16 nitrogen and oxygen atoms in total. The molecule has 0 aliphatic carbocycles. The number of H-pyrrole nitrogens is 2. The summed E-state index contributed by atoms with van der Waals surface area (Å²) in [6, 6.07) is 16.2. The zero-order chi connectivity index (χ0) is 44.0. The van der Waals surface area contributed by atoms with Crippen LogP contribution in [0.3, 0.4) is 0 Å². The molecule has 4 amide bonds. The van der Waals surface area contributed by atoms with Crippen LogP contribution in [0.15, 0.2) is 60.8 Å². The minimum Gasteiger partial charge on any atom is -0.453 e. The second-order valence-electron chi connectivity index (χ2n) is 17.6. The van der Waals surface area contributed by atoms with Crippen molar-refractivity contribution in [2.45, 2.75) is 71.0 Å². The minimum atomic E-state index is -3.46. The van der Waals surface area contributed by atoms with Crippen molar-refractivity contribution in [1.29, 1.82) is 0 Å². The quantitative estimate of drug-likeness (QED) is 0.115. The zero-order valence-corrected chi connectivity index (χ0v) is 37.3. The summed E-state index contributed by atoms with van der Waals surface area (Å²) >= 11 is 0. The number of carbonyl (C=O) groups excluding carboxylic acids is 4. The first-order valence-corrected chi connectivity index (χ1v) is 25.8. The number of imidazole rings is 2. The molecule has 2 unspecified atom stereocenters. The van der Waals surface area contributed by atoms with E-state index < -0.39 is 60.6 Å². The Morgan fingerprint density at radius 3 is 2.20 bits per heavy atom. The van der Waals surface area contributed by atoms with Crippen LogP contribution in [0.4, 0.5) is 4.79 Å². The predicted octanol–water partition coefficient (Wildman–Crippen LogP) is 4.72. The predicted molar refractivity (Wildman–Crippen MR) is 234 cm³/mol. The number of methoxy groups -OCH3 is 1. The van der Waals surface area contributed by atoms with Crippen LogP contribution >= 0.6 is 0 Å². The Labute approximate surface area is 355 Å². The summed E-state index contributed by atoms with van der Waals surface area (Å²) in [5.41, 5.74) is 5.11. The molecule has 4 atom stereocenters. The summed E-state index contributed by atoms with van der Waals surface area (Å²) < 4.78 is 30.3. The van der Waals surface area contributed by atoms with E-state index in [2.05, 4.69) is 50.8 Å². The van der Waals surface area contributed by atoms with Crippen molar-refractivity contribution >= 4 is 63.5 Å². The van der Waals surface area contributed by atoms with Gasteiger partial charge in [0, 0.05) is 18.1 Å². The van der Waals surface area contributed by atoms with Gasteiger partial charge in [0.15, 0.2) is 9.84 Å². The molecule has 5 N–H and O–H groups in total. The van der Waals surface area contributed by atoms with Gasteiger partial charge in [-0.05, 0) is 52.1 Å². The van der Waals surface area contributed by atoms with Gasteiger partial charge in [-0.2, -0.15) is 0 Å². The molecular weight excluding hydrogens is 817 g/mol. The molecule has 0 saturated carbocycles. The lowest BCUT2D eigenvalue weighted by Gasteiger charge is -2.37. The van der Waals surface area contributed by atoms with Gasteiger partial charge in [0.25, 0.3) is 0 Å². The molecule has 3 aromatic carbocycles. The third-order valence-corrected chi connectivity index (χ3v) is 16.1. The van der Waals surface area contributed by atoms with E-state index in [9.17, 15) is 32.7 Å². The highest BCUT2D eigenvalue weighted by molar-refractivity contribution is 7.91. The number of aromatic amines is 2. The van der Waals surface area contributed by atoms with E-state index in [1.807, 2.05) is 61.2 Å². The van der Waals surface area contributed by atoms with Crippen LogP contribution in [0.1, 0.15) is 51.4 Å². The summed E-state index contributed by atoms with van der Waals surface area (Å²) in [4.78, 5) is 71.6. The number of aliphatic hydroxyl groups is 1. The average Bonchev–Trinajstić information content (AvgIpc) is 3.98. The van der Waals surface area contributed by atoms with E-state index >= 15 is 0 Å². The maximum absolute atomic E-state index is 14.0. The number of amides is 4. The van der Waals surface area contributed by atoms with Crippen LogP contribution in [0.5, 0.6) is 0 Å². The smallest absolute Gasteiger partial charge is 0.407 e. The van der Waals surface area contributed by atoms with Crippen molar-refractivity contribution in [2.24, 2.45) is 11.8 Å². The highest BCUT2D eigenvalue weighted by Gasteiger charge is 2.46. The number of hydrogen-bond acceptors (Lipinski definition) is 10. The van der Waals surface area contributed by atoms with E-state index in [0.29, 0.717) is 23.5 Å². The second kappa shape index (κ2) is 17.0. The molecule has 0 bridgehead atoms. The summed E-state index contributed by atoms with van der Waals surface area (Å²) in [7, 11) is -4.07. The number of rotatable bonds is 11. The fraction of sp³-hybridized carbons (Fsp3) is 0.442. The van der Waals surface area contributed by atoms with Gasteiger partial charge in [0.1, 0.15) is 36.4 Å². The van der Waals surface area contributed by atoms with Crippen molar-refractivity contribution in [3.8, 4) is 22.4 Å². The third kappa shape index (κ3) is 9.06. The van der Waals surface area contributed by atoms with E-state index in [1.165, 1.54) is 12.0 Å². The Morgan fingerprint density at radius 1 is 0.869 bits per heavy atom. The molecule has 4 heterocycles. The number of sulfone groups is 1. The fourth-order valence-corrected chi connectivity index (χ4v) is 12.8. The van der Waals surface area contributed by atoms with Gasteiger partial charge in [-0.15, -0.1) is 0 Å². The Balaban J connectivity index is 1.11. The zero-order valence-electron chi connectivity index (χ0n) is 35.5. The van der Waals surface area contributed by atoms with Crippen molar-refractivity contribution < 1.29 is 37.4 Å². The first kappa shape index (κ1) is 43.5. The summed E-state index contributed by atoms with van der Waals surface area (Å²) in [5, 5.41) is 16.6. The van der Waals surface area contributed by atoms with Gasteiger partial charge in [0.2, 0.25) is 17.7 Å². The molecule has 7 rings (SSSR count). The van der Waals surface area contributed by atoms with Crippen LogP contribution in [-0.4, -0.2) is 125 Å². The molecule has 18 heteroatoms. The normalized spacial score (nSPS) is 19.6. The number of alkyl carbamates (subject to hydrolysis) is 1. The Bertz CT molecular complexity index is 2590. The number of benzene rings is 3. The summed E-state index contributed by atoms with van der Waals surface area (Å²) in [5.74, 6) is -1.04. The number of fused-ring (bicyclic) bond motifs is 3. The standard InChI is InChI=1S/C43H54N8O8SSi/c1-24(2)36(47-35(53)20-52)42(55)51-23-61(6,7)22-34(51)40-45-31-15-13-29-18-28(12-14-30(29)38(31)48-40)26-8-10-27(11-9-26)32-19-44-39(46-32)33-21-60(57,58)17-16-50(33)41(54)37(25(3)4)49-43(56)59-5/h8-15,18-19,24-25,33-34,36-37,52H,16-17,20-23H2,1-7H3,(H,44,46)(H,45,48)(H,47,53)(H,49,56)/t33?,34?,36-,37-/m0/s1. The lowest BCUT2D eigenvalue weighted by atomic mass is 9.99. The van der Waals surface area contributed by atoms with Crippen molar-refractivity contribution in [1.82, 2.24) is 40.4 Å². The maximum atomic E-state index is 14.0. The Morgan fingerprint density at radius 2 is 1.52 bits per heavy atom. The number of nitrogens with zero attached hydrogens (tertiary/aromatic N) is 4. The molecule has 0 spiro atoms. The highest BCUT2D eigenvalue weighted by Crippen LogP contribution is 2.39. The van der Waals surface area contributed by atoms with E-state index in [1.54, 1.807) is 20.0 Å². The number of nitrogens with one attached hydrogen (secondary N) is 4.